The van der Waals surface area contributed by atoms with E-state index in [1.165, 1.54) is 6.34 Å². The summed E-state index contributed by atoms with van der Waals surface area (Å²) in [6.45, 7) is 0. The number of nitrogens with zero attached hydrogens (tertiary/aromatic N) is 4. The second kappa shape index (κ2) is 4.94. The molecule has 80 valence electrons. The molecule has 2 rings (SSSR count). The first-order chi connectivity index (χ1) is 7.92. The van der Waals surface area contributed by atoms with E-state index in [4.69, 9.17) is 6.42 Å². The molecular formula is C11H11N5. The van der Waals surface area contributed by atoms with Crippen molar-refractivity contribution in [2.75, 3.05) is 5.01 Å². The summed E-state index contributed by atoms with van der Waals surface area (Å²) in [7, 11) is 0. The monoisotopic (exact) mass is 213 g/mol. The van der Waals surface area contributed by atoms with E-state index >= 15 is 0 Å². The minimum absolute atomic E-state index is 0.692. The van der Waals surface area contributed by atoms with Crippen molar-refractivity contribution in [2.24, 2.45) is 10.2 Å². The molecule has 0 atom stereocenters. The molecule has 1 N–H and O–H groups in total. The lowest BCUT2D eigenvalue weighted by molar-refractivity contribution is 0.921. The van der Waals surface area contributed by atoms with E-state index in [0.717, 1.165) is 17.7 Å². The van der Waals surface area contributed by atoms with Gasteiger partial charge in [0.05, 0.1) is 5.69 Å². The van der Waals surface area contributed by atoms with Crippen molar-refractivity contribution in [3.05, 3.63) is 24.0 Å². The molecule has 0 aromatic carbocycles. The van der Waals surface area contributed by atoms with Crippen LogP contribution >= 0.6 is 0 Å². The third kappa shape index (κ3) is 2.17. The second-order valence-electron chi connectivity index (χ2n) is 3.18. The summed E-state index contributed by atoms with van der Waals surface area (Å²) in [5.41, 5.74) is 5.03. The van der Waals surface area contributed by atoms with Gasteiger partial charge in [0.25, 0.3) is 0 Å². The SMILES string of the molecule is C#CCCc1cnccc1N1C=NN=CN1. The van der Waals surface area contributed by atoms with Gasteiger partial charge in [0.1, 0.15) is 12.7 Å². The minimum atomic E-state index is 0.692. The van der Waals surface area contributed by atoms with Crippen LogP contribution < -0.4 is 10.4 Å². The van der Waals surface area contributed by atoms with Crippen molar-refractivity contribution < 1.29 is 0 Å². The van der Waals surface area contributed by atoms with Crippen molar-refractivity contribution in [1.82, 2.24) is 10.4 Å². The first-order valence-electron chi connectivity index (χ1n) is 4.88. The lowest BCUT2D eigenvalue weighted by Gasteiger charge is -2.22. The minimum Gasteiger partial charge on any atom is -0.281 e. The van der Waals surface area contributed by atoms with Crippen molar-refractivity contribution in [3.63, 3.8) is 0 Å². The molecule has 5 nitrogen and oxygen atoms in total. The summed E-state index contributed by atoms with van der Waals surface area (Å²) in [5.74, 6) is 2.62. The number of hydrazine groups is 1. The third-order valence-corrected chi connectivity index (χ3v) is 2.16. The van der Waals surface area contributed by atoms with Gasteiger partial charge < -0.3 is 0 Å². The Labute approximate surface area is 93.9 Å². The standard InChI is InChI=1S/C11H11N5/c1-2-3-4-10-7-12-6-5-11(10)16-9-14-13-8-15-16/h1,5-9H,3-4H2,(H,13,15). The highest BCUT2D eigenvalue weighted by Gasteiger charge is 2.09. The van der Waals surface area contributed by atoms with Crippen molar-refractivity contribution >= 4 is 18.4 Å². The first-order valence-corrected chi connectivity index (χ1v) is 4.88. The van der Waals surface area contributed by atoms with Crippen molar-refractivity contribution in [3.8, 4) is 12.3 Å². The molecule has 0 unspecified atom stereocenters. The third-order valence-electron chi connectivity index (χ3n) is 2.16. The topological polar surface area (TPSA) is 52.9 Å². The van der Waals surface area contributed by atoms with Gasteiger partial charge in [-0.15, -0.1) is 22.5 Å². The summed E-state index contributed by atoms with van der Waals surface area (Å²) >= 11 is 0. The first kappa shape index (κ1) is 10.2. The molecule has 2 heterocycles. The Morgan fingerprint density at radius 2 is 2.38 bits per heavy atom. The summed E-state index contributed by atoms with van der Waals surface area (Å²) in [6.07, 6.45) is 13.4. The molecule has 1 aromatic rings. The Morgan fingerprint density at radius 1 is 1.44 bits per heavy atom. The maximum atomic E-state index is 5.26. The zero-order valence-corrected chi connectivity index (χ0v) is 8.67. The van der Waals surface area contributed by atoms with E-state index in [1.54, 1.807) is 17.5 Å². The predicted octanol–water partition coefficient (Wildman–Crippen LogP) is 0.944. The molecule has 0 aliphatic carbocycles. The molecule has 1 aliphatic rings. The predicted molar refractivity (Wildman–Crippen MR) is 64.0 cm³/mol. The molecule has 0 bridgehead atoms. The molecule has 16 heavy (non-hydrogen) atoms. The Bertz CT molecular complexity index is 458. The summed E-state index contributed by atoms with van der Waals surface area (Å²) in [5, 5.41) is 9.27. The average Bonchev–Trinajstić information content (AvgIpc) is 2.38. The van der Waals surface area contributed by atoms with Crippen LogP contribution in [0.25, 0.3) is 0 Å². The van der Waals surface area contributed by atoms with Crippen LogP contribution in [-0.2, 0) is 6.42 Å². The zero-order valence-electron chi connectivity index (χ0n) is 8.67. The normalized spacial score (nSPS) is 13.3. The maximum absolute atomic E-state index is 5.26. The second-order valence-corrected chi connectivity index (χ2v) is 3.18. The van der Waals surface area contributed by atoms with Gasteiger partial charge in [-0.1, -0.05) is 0 Å². The van der Waals surface area contributed by atoms with Crippen LogP contribution in [-0.4, -0.2) is 17.7 Å². The van der Waals surface area contributed by atoms with E-state index in [0.29, 0.717) is 6.42 Å². The zero-order chi connectivity index (χ0) is 11.2. The van der Waals surface area contributed by atoms with Gasteiger partial charge in [-0.05, 0) is 18.1 Å². The van der Waals surface area contributed by atoms with Gasteiger partial charge >= 0.3 is 0 Å². The highest BCUT2D eigenvalue weighted by molar-refractivity contribution is 5.84. The van der Waals surface area contributed by atoms with Crippen LogP contribution in [0.3, 0.4) is 0 Å². The molecule has 0 fully saturated rings. The number of anilines is 1. The van der Waals surface area contributed by atoms with Crippen LogP contribution in [0.2, 0.25) is 0 Å². The summed E-state index contributed by atoms with van der Waals surface area (Å²) in [6, 6.07) is 1.91. The molecule has 0 saturated carbocycles. The Hall–Kier alpha value is -2.35. The van der Waals surface area contributed by atoms with E-state index in [1.807, 2.05) is 12.3 Å². The largest absolute Gasteiger partial charge is 0.281 e. The Balaban J connectivity index is 2.22. The smallest absolute Gasteiger partial charge is 0.138 e. The fourth-order valence-electron chi connectivity index (χ4n) is 1.42. The van der Waals surface area contributed by atoms with Crippen molar-refractivity contribution in [1.29, 1.82) is 0 Å². The summed E-state index contributed by atoms with van der Waals surface area (Å²) in [4.78, 5) is 4.09. The highest BCUT2D eigenvalue weighted by atomic mass is 15.6. The molecule has 0 amide bonds. The molecule has 1 aromatic heterocycles. The fraction of sp³-hybridized carbons (Fsp3) is 0.182. The maximum Gasteiger partial charge on any atom is 0.138 e. The quantitative estimate of drug-likeness (QED) is 0.760. The van der Waals surface area contributed by atoms with E-state index < -0.39 is 0 Å². The number of rotatable bonds is 3. The van der Waals surface area contributed by atoms with Crippen LogP contribution in [0, 0.1) is 12.3 Å². The number of aryl methyl sites for hydroxylation is 1. The fourth-order valence-corrected chi connectivity index (χ4v) is 1.42. The molecule has 0 radical (unpaired) electrons. The van der Waals surface area contributed by atoms with Crippen LogP contribution in [0.5, 0.6) is 0 Å². The van der Waals surface area contributed by atoms with Gasteiger partial charge in [-0.3, -0.25) is 10.4 Å². The van der Waals surface area contributed by atoms with E-state index in [-0.39, 0.29) is 0 Å². The van der Waals surface area contributed by atoms with E-state index in [9.17, 15) is 0 Å². The molecule has 1 aliphatic heterocycles. The number of hydrogen-bond acceptors (Lipinski definition) is 5. The van der Waals surface area contributed by atoms with Crippen molar-refractivity contribution in [2.45, 2.75) is 12.8 Å². The van der Waals surface area contributed by atoms with Gasteiger partial charge in [-0.2, -0.15) is 0 Å². The number of pyridine rings is 1. The highest BCUT2D eigenvalue weighted by Crippen LogP contribution is 2.18. The van der Waals surface area contributed by atoms with Crippen LogP contribution in [0.4, 0.5) is 5.69 Å². The lowest BCUT2D eigenvalue weighted by atomic mass is 10.1. The van der Waals surface area contributed by atoms with Gasteiger partial charge in [0, 0.05) is 18.8 Å². The lowest BCUT2D eigenvalue weighted by Crippen LogP contribution is -2.38. The molecule has 0 saturated heterocycles. The Kier molecular flexibility index (Phi) is 3.14. The molecular weight excluding hydrogens is 202 g/mol. The molecule has 5 heteroatoms. The number of aromatic nitrogens is 1. The number of nitrogens with one attached hydrogen (secondary N) is 1. The van der Waals surface area contributed by atoms with Gasteiger partial charge in [-0.25, -0.2) is 5.01 Å². The summed E-state index contributed by atoms with van der Waals surface area (Å²) < 4.78 is 0. The van der Waals surface area contributed by atoms with E-state index in [2.05, 4.69) is 26.5 Å². The number of terminal acetylenes is 1. The Morgan fingerprint density at radius 3 is 3.12 bits per heavy atom. The van der Waals surface area contributed by atoms with Crippen LogP contribution in [0.1, 0.15) is 12.0 Å². The van der Waals surface area contributed by atoms with Crippen LogP contribution in [0.15, 0.2) is 28.7 Å². The average molecular weight is 213 g/mol. The molecule has 0 spiro atoms. The number of hydrogen-bond donors (Lipinski definition) is 1. The van der Waals surface area contributed by atoms with Gasteiger partial charge in [0.15, 0.2) is 0 Å². The van der Waals surface area contributed by atoms with Gasteiger partial charge in [0.2, 0.25) is 0 Å².